The number of aromatic nitrogens is 4. The van der Waals surface area contributed by atoms with Crippen LogP contribution in [0, 0.1) is 0 Å². The summed E-state index contributed by atoms with van der Waals surface area (Å²) in [6, 6.07) is 23.9. The number of nitrogens with one attached hydrogen (secondary N) is 2. The zero-order valence-corrected chi connectivity index (χ0v) is 29.3. The Hall–Kier alpha value is -5.36. The summed E-state index contributed by atoms with van der Waals surface area (Å²) < 4.78 is 13.8. The number of hydroxylamine groups is 2. The maximum Gasteiger partial charge on any atom is 0.256 e. The standard InChI is InChI=1S/C41H42N6O5/c1-3-24-19-31(43-38(24)34-6-5-17-47(34)50)27-10-14-30-36-20-28-18-26(11-15-33(28)46(36)23-52-37(30)21-27)32-22-42-40(44-32)35-7-4-16-45(35)41(49)39(48)25-8-12-29(51-2)13-9-25/h8-15,18-22,34-35,39,43,48,50H,3-7,16-17,23H2,1-2H3,(H,42,44). The van der Waals surface area contributed by atoms with Crippen LogP contribution in [-0.4, -0.2) is 65.9 Å². The van der Waals surface area contributed by atoms with Gasteiger partial charge in [-0.3, -0.25) is 4.79 Å². The highest BCUT2D eigenvalue weighted by Crippen LogP contribution is 2.42. The van der Waals surface area contributed by atoms with Gasteiger partial charge in [0.15, 0.2) is 12.8 Å². The number of ether oxygens (including phenoxy) is 2. The lowest BCUT2D eigenvalue weighted by Crippen LogP contribution is -2.35. The Morgan fingerprint density at radius 2 is 1.75 bits per heavy atom. The van der Waals surface area contributed by atoms with Gasteiger partial charge in [-0.2, -0.15) is 5.06 Å². The van der Waals surface area contributed by atoms with E-state index in [2.05, 4.69) is 70.0 Å². The number of aryl methyl sites for hydroxylation is 1. The van der Waals surface area contributed by atoms with E-state index >= 15 is 0 Å². The lowest BCUT2D eigenvalue weighted by Gasteiger charge is -2.26. The van der Waals surface area contributed by atoms with Crippen molar-refractivity contribution in [1.29, 1.82) is 0 Å². The fourth-order valence-electron chi connectivity index (χ4n) is 8.31. The number of fused-ring (bicyclic) bond motifs is 5. The van der Waals surface area contributed by atoms with Crippen molar-refractivity contribution < 1.29 is 24.6 Å². The first-order valence-corrected chi connectivity index (χ1v) is 18.2. The molecule has 3 atom stereocenters. The molecule has 11 heteroatoms. The molecule has 2 fully saturated rings. The van der Waals surface area contributed by atoms with Gasteiger partial charge < -0.3 is 39.2 Å². The van der Waals surface area contributed by atoms with Crippen LogP contribution in [0.25, 0.3) is 44.7 Å². The van der Waals surface area contributed by atoms with E-state index in [1.54, 1.807) is 36.3 Å². The second kappa shape index (κ2) is 13.0. The van der Waals surface area contributed by atoms with Crippen molar-refractivity contribution >= 4 is 16.8 Å². The summed E-state index contributed by atoms with van der Waals surface area (Å²) in [5.74, 6) is 1.91. The molecule has 0 radical (unpaired) electrons. The lowest BCUT2D eigenvalue weighted by molar-refractivity contribution is -0.141. The van der Waals surface area contributed by atoms with Crippen molar-refractivity contribution in [3.05, 3.63) is 102 Å². The second-order valence-corrected chi connectivity index (χ2v) is 14.1. The van der Waals surface area contributed by atoms with E-state index in [0.717, 1.165) is 88.2 Å². The molecule has 1 amide bonds. The van der Waals surface area contributed by atoms with E-state index < -0.39 is 6.10 Å². The Bertz CT molecular complexity index is 2290. The Balaban J connectivity index is 0.958. The van der Waals surface area contributed by atoms with Crippen LogP contribution in [-0.2, 0) is 17.9 Å². The maximum atomic E-state index is 13.4. The topological polar surface area (TPSA) is 132 Å². The minimum atomic E-state index is -1.25. The number of methoxy groups -OCH3 is 1. The first-order chi connectivity index (χ1) is 25.4. The number of amides is 1. The number of benzene rings is 3. The van der Waals surface area contributed by atoms with E-state index in [-0.39, 0.29) is 18.0 Å². The number of aliphatic hydroxyl groups is 1. The predicted molar refractivity (Wildman–Crippen MR) is 197 cm³/mol. The van der Waals surface area contributed by atoms with Crippen molar-refractivity contribution in [2.24, 2.45) is 0 Å². The van der Waals surface area contributed by atoms with Gasteiger partial charge in [0, 0.05) is 46.6 Å². The summed E-state index contributed by atoms with van der Waals surface area (Å²) in [6.07, 6.45) is 5.01. The number of likely N-dealkylation sites (tertiary alicyclic amines) is 1. The number of imidazole rings is 1. The van der Waals surface area contributed by atoms with Crippen molar-refractivity contribution in [3.8, 4) is 45.3 Å². The second-order valence-electron chi connectivity index (χ2n) is 14.1. The van der Waals surface area contributed by atoms with Crippen molar-refractivity contribution in [3.63, 3.8) is 0 Å². The van der Waals surface area contributed by atoms with Gasteiger partial charge >= 0.3 is 0 Å². The average molecular weight is 699 g/mol. The van der Waals surface area contributed by atoms with Crippen molar-refractivity contribution in [1.82, 2.24) is 29.5 Å². The van der Waals surface area contributed by atoms with Gasteiger partial charge in [0.1, 0.15) is 17.3 Å². The Morgan fingerprint density at radius 1 is 0.962 bits per heavy atom. The van der Waals surface area contributed by atoms with Crippen LogP contribution in [0.3, 0.4) is 0 Å². The Labute approximate surface area is 301 Å². The van der Waals surface area contributed by atoms with Crippen LogP contribution in [0.1, 0.15) is 73.4 Å². The molecule has 3 unspecified atom stereocenters. The number of rotatable bonds is 8. The molecular formula is C41H42N6O5. The quantitative estimate of drug-likeness (QED) is 0.129. The monoisotopic (exact) mass is 698 g/mol. The summed E-state index contributed by atoms with van der Waals surface area (Å²) in [4.78, 5) is 27.0. The molecule has 6 heterocycles. The third-order valence-corrected chi connectivity index (χ3v) is 11.1. The molecule has 0 saturated carbocycles. The van der Waals surface area contributed by atoms with E-state index in [9.17, 15) is 15.1 Å². The van der Waals surface area contributed by atoms with Crippen LogP contribution in [0.5, 0.6) is 11.5 Å². The summed E-state index contributed by atoms with van der Waals surface area (Å²) >= 11 is 0. The van der Waals surface area contributed by atoms with Gasteiger partial charge in [0.2, 0.25) is 0 Å². The molecule has 2 saturated heterocycles. The molecule has 0 bridgehead atoms. The van der Waals surface area contributed by atoms with E-state index in [0.29, 0.717) is 37.0 Å². The normalized spacial score (nSPS) is 19.1. The SMILES string of the molecule is CCc1cc(-c2ccc3c(c2)OCn2c-3cc3cc(-c4cnc(C5CCCN5C(=O)C(O)c5ccc(OC)cc5)[nH]4)ccc32)[nH]c1C1CCCN1O. The summed E-state index contributed by atoms with van der Waals surface area (Å²) in [7, 11) is 1.58. The predicted octanol–water partition coefficient (Wildman–Crippen LogP) is 7.54. The summed E-state index contributed by atoms with van der Waals surface area (Å²) in [6.45, 7) is 3.83. The Kier molecular flexibility index (Phi) is 8.14. The van der Waals surface area contributed by atoms with Crippen molar-refractivity contribution in [2.45, 2.75) is 63.9 Å². The van der Waals surface area contributed by atoms with Crippen LogP contribution in [0.4, 0.5) is 0 Å². The third-order valence-electron chi connectivity index (χ3n) is 11.1. The molecule has 6 aromatic rings. The number of carbonyl (C=O) groups is 1. The molecule has 3 aromatic heterocycles. The molecular weight excluding hydrogens is 656 g/mol. The summed E-state index contributed by atoms with van der Waals surface area (Å²) in [5, 5.41) is 23.9. The lowest BCUT2D eigenvalue weighted by atomic mass is 10.0. The van der Waals surface area contributed by atoms with Gasteiger partial charge in [-0.15, -0.1) is 0 Å². The zero-order valence-electron chi connectivity index (χ0n) is 29.3. The first-order valence-electron chi connectivity index (χ1n) is 18.2. The average Bonchev–Trinajstić information content (AvgIpc) is 4.03. The molecule has 3 aliphatic heterocycles. The minimum Gasteiger partial charge on any atom is -0.497 e. The Morgan fingerprint density at radius 3 is 2.54 bits per heavy atom. The maximum absolute atomic E-state index is 13.4. The van der Waals surface area contributed by atoms with Gasteiger partial charge in [-0.1, -0.05) is 31.2 Å². The number of nitrogens with zero attached hydrogens (tertiary/aromatic N) is 4. The van der Waals surface area contributed by atoms with Gasteiger partial charge in [-0.25, -0.2) is 4.98 Å². The molecule has 4 N–H and O–H groups in total. The van der Waals surface area contributed by atoms with Crippen LogP contribution >= 0.6 is 0 Å². The third kappa shape index (κ3) is 5.47. The van der Waals surface area contributed by atoms with Gasteiger partial charge in [-0.05, 0) is 91.8 Å². The van der Waals surface area contributed by atoms with Crippen molar-refractivity contribution in [2.75, 3.05) is 20.2 Å². The van der Waals surface area contributed by atoms with E-state index in [1.165, 1.54) is 10.6 Å². The van der Waals surface area contributed by atoms with Crippen LogP contribution in [0.15, 0.2) is 79.0 Å². The molecule has 3 aliphatic rings. The van der Waals surface area contributed by atoms with Crippen LogP contribution < -0.4 is 9.47 Å². The number of aromatic amines is 2. The first kappa shape index (κ1) is 32.5. The fourth-order valence-corrected chi connectivity index (χ4v) is 8.31. The number of hydrogen-bond acceptors (Lipinski definition) is 7. The molecule has 0 aliphatic carbocycles. The number of aliphatic hydroxyl groups excluding tert-OH is 1. The number of H-pyrrole nitrogens is 2. The molecule has 266 valence electrons. The molecule has 11 nitrogen and oxygen atoms in total. The van der Waals surface area contributed by atoms with Crippen LogP contribution in [0.2, 0.25) is 0 Å². The van der Waals surface area contributed by atoms with E-state index in [1.807, 2.05) is 6.20 Å². The molecule has 9 rings (SSSR count). The van der Waals surface area contributed by atoms with Gasteiger partial charge in [0.25, 0.3) is 5.91 Å². The molecule has 3 aromatic carbocycles. The highest BCUT2D eigenvalue weighted by Gasteiger charge is 2.36. The zero-order chi connectivity index (χ0) is 35.5. The minimum absolute atomic E-state index is 0.0119. The fraction of sp³-hybridized carbons (Fsp3) is 0.317. The highest BCUT2D eigenvalue weighted by molar-refractivity contribution is 5.92. The van der Waals surface area contributed by atoms with E-state index in [4.69, 9.17) is 14.5 Å². The highest BCUT2D eigenvalue weighted by atomic mass is 16.5. The molecule has 0 spiro atoms. The number of carbonyl (C=O) groups excluding carboxylic acids is 1. The summed E-state index contributed by atoms with van der Waals surface area (Å²) in [5.41, 5.74) is 10.1. The largest absolute Gasteiger partial charge is 0.497 e. The number of hydrogen-bond donors (Lipinski definition) is 4. The molecule has 52 heavy (non-hydrogen) atoms. The smallest absolute Gasteiger partial charge is 0.256 e. The van der Waals surface area contributed by atoms with Gasteiger partial charge in [0.05, 0.1) is 42.3 Å².